The van der Waals surface area contributed by atoms with E-state index in [1.807, 2.05) is 9.47 Å². The summed E-state index contributed by atoms with van der Waals surface area (Å²) in [6.07, 6.45) is 3.27. The van der Waals surface area contributed by atoms with Gasteiger partial charge < -0.3 is 15.2 Å². The topological polar surface area (TPSA) is 77.0 Å². The first-order valence-corrected chi connectivity index (χ1v) is 6.94. The standard InChI is InChI=1S/C13H23N5O/c1-10(2)5-11(7-14)6-13(19)17-3-4-18-9-15-16-12(18)8-17/h9-11H,3-8,14H2,1-2H3/t11-/m0/s1. The predicted octanol–water partition coefficient (Wildman–Crippen LogP) is 0.631. The molecule has 1 amide bonds. The van der Waals surface area contributed by atoms with Crippen molar-refractivity contribution in [2.45, 2.75) is 39.8 Å². The smallest absolute Gasteiger partial charge is 0.223 e. The van der Waals surface area contributed by atoms with Crippen LogP contribution in [0.25, 0.3) is 0 Å². The molecule has 0 radical (unpaired) electrons. The van der Waals surface area contributed by atoms with E-state index in [4.69, 9.17) is 5.73 Å². The van der Waals surface area contributed by atoms with Gasteiger partial charge in [-0.1, -0.05) is 13.8 Å². The highest BCUT2D eigenvalue weighted by Crippen LogP contribution is 2.17. The molecule has 2 N–H and O–H groups in total. The molecule has 2 heterocycles. The molecule has 106 valence electrons. The summed E-state index contributed by atoms with van der Waals surface area (Å²) in [5, 5.41) is 7.90. The van der Waals surface area contributed by atoms with Crippen molar-refractivity contribution in [3.63, 3.8) is 0 Å². The maximum Gasteiger partial charge on any atom is 0.223 e. The normalized spacial score (nSPS) is 16.5. The van der Waals surface area contributed by atoms with Crippen LogP contribution in [-0.2, 0) is 17.9 Å². The lowest BCUT2D eigenvalue weighted by Gasteiger charge is -2.28. The Labute approximate surface area is 114 Å². The summed E-state index contributed by atoms with van der Waals surface area (Å²) in [7, 11) is 0. The van der Waals surface area contributed by atoms with Gasteiger partial charge in [0.25, 0.3) is 0 Å². The fourth-order valence-corrected chi connectivity index (χ4v) is 2.58. The molecular weight excluding hydrogens is 242 g/mol. The minimum Gasteiger partial charge on any atom is -0.333 e. The lowest BCUT2D eigenvalue weighted by atomic mass is 9.93. The number of hydrogen-bond donors (Lipinski definition) is 1. The highest BCUT2D eigenvalue weighted by atomic mass is 16.2. The fraction of sp³-hybridized carbons (Fsp3) is 0.769. The number of aromatic nitrogens is 3. The van der Waals surface area contributed by atoms with Crippen molar-refractivity contribution in [3.8, 4) is 0 Å². The molecule has 6 heteroatoms. The zero-order valence-corrected chi connectivity index (χ0v) is 11.7. The Bertz CT molecular complexity index is 428. The maximum absolute atomic E-state index is 12.3. The van der Waals surface area contributed by atoms with Crippen LogP contribution in [0.4, 0.5) is 0 Å². The van der Waals surface area contributed by atoms with Crippen LogP contribution >= 0.6 is 0 Å². The molecule has 2 rings (SSSR count). The summed E-state index contributed by atoms with van der Waals surface area (Å²) in [4.78, 5) is 14.2. The zero-order valence-electron chi connectivity index (χ0n) is 11.7. The van der Waals surface area contributed by atoms with Gasteiger partial charge in [-0.25, -0.2) is 0 Å². The van der Waals surface area contributed by atoms with E-state index in [2.05, 4.69) is 24.0 Å². The lowest BCUT2D eigenvalue weighted by Crippen LogP contribution is -2.39. The Morgan fingerprint density at radius 1 is 1.47 bits per heavy atom. The van der Waals surface area contributed by atoms with Gasteiger partial charge in [0.05, 0.1) is 6.54 Å². The number of hydrogen-bond acceptors (Lipinski definition) is 4. The minimum absolute atomic E-state index is 0.186. The van der Waals surface area contributed by atoms with Gasteiger partial charge in [-0.15, -0.1) is 10.2 Å². The maximum atomic E-state index is 12.3. The van der Waals surface area contributed by atoms with Crippen LogP contribution in [0.5, 0.6) is 0 Å². The predicted molar refractivity (Wildman–Crippen MR) is 72.1 cm³/mol. The van der Waals surface area contributed by atoms with E-state index in [-0.39, 0.29) is 11.8 Å². The van der Waals surface area contributed by atoms with Crippen molar-refractivity contribution < 1.29 is 4.79 Å². The third-order valence-corrected chi connectivity index (χ3v) is 3.59. The van der Waals surface area contributed by atoms with Crippen molar-refractivity contribution in [1.82, 2.24) is 19.7 Å². The van der Waals surface area contributed by atoms with Gasteiger partial charge in [-0.3, -0.25) is 4.79 Å². The first kappa shape index (κ1) is 14.0. The monoisotopic (exact) mass is 265 g/mol. The summed E-state index contributed by atoms with van der Waals surface area (Å²) >= 11 is 0. The average molecular weight is 265 g/mol. The van der Waals surface area contributed by atoms with Crippen LogP contribution in [0.2, 0.25) is 0 Å². The molecule has 1 aromatic heterocycles. The quantitative estimate of drug-likeness (QED) is 0.847. The van der Waals surface area contributed by atoms with Crippen LogP contribution in [0.3, 0.4) is 0 Å². The van der Waals surface area contributed by atoms with Gasteiger partial charge in [0, 0.05) is 19.5 Å². The van der Waals surface area contributed by atoms with Crippen molar-refractivity contribution >= 4 is 5.91 Å². The average Bonchev–Trinajstić information content (AvgIpc) is 2.84. The summed E-state index contributed by atoms with van der Waals surface area (Å²) in [6, 6.07) is 0. The molecule has 0 saturated carbocycles. The Kier molecular flexibility index (Phi) is 4.52. The molecule has 0 unspecified atom stereocenters. The highest BCUT2D eigenvalue weighted by molar-refractivity contribution is 5.76. The first-order chi connectivity index (χ1) is 9.10. The lowest BCUT2D eigenvalue weighted by molar-refractivity contribution is -0.133. The largest absolute Gasteiger partial charge is 0.333 e. The third kappa shape index (κ3) is 3.53. The van der Waals surface area contributed by atoms with Crippen LogP contribution in [-0.4, -0.2) is 38.7 Å². The first-order valence-electron chi connectivity index (χ1n) is 6.94. The van der Waals surface area contributed by atoms with Crippen LogP contribution in [0, 0.1) is 11.8 Å². The summed E-state index contributed by atoms with van der Waals surface area (Å²) in [5.74, 6) is 1.91. The third-order valence-electron chi connectivity index (χ3n) is 3.59. The van der Waals surface area contributed by atoms with Crippen molar-refractivity contribution in [3.05, 3.63) is 12.2 Å². The Hall–Kier alpha value is -1.43. The molecule has 0 bridgehead atoms. The summed E-state index contributed by atoms with van der Waals surface area (Å²) in [6.45, 7) is 6.99. The number of rotatable bonds is 5. The molecule has 0 saturated heterocycles. The Balaban J connectivity index is 1.90. The van der Waals surface area contributed by atoms with Gasteiger partial charge in [-0.05, 0) is 24.8 Å². The van der Waals surface area contributed by atoms with Gasteiger partial charge >= 0.3 is 0 Å². The number of fused-ring (bicyclic) bond motifs is 1. The molecule has 1 atom stereocenters. The number of nitrogens with zero attached hydrogens (tertiary/aromatic N) is 4. The molecule has 0 aromatic carbocycles. The van der Waals surface area contributed by atoms with Crippen LogP contribution in [0.15, 0.2) is 6.33 Å². The second-order valence-electron chi connectivity index (χ2n) is 5.69. The van der Waals surface area contributed by atoms with Gasteiger partial charge in [-0.2, -0.15) is 0 Å². The number of amides is 1. The highest BCUT2D eigenvalue weighted by Gasteiger charge is 2.24. The second kappa shape index (κ2) is 6.14. The fourth-order valence-electron chi connectivity index (χ4n) is 2.58. The van der Waals surface area contributed by atoms with Crippen molar-refractivity contribution in [1.29, 1.82) is 0 Å². The molecule has 1 aliphatic heterocycles. The second-order valence-corrected chi connectivity index (χ2v) is 5.69. The molecule has 6 nitrogen and oxygen atoms in total. The SMILES string of the molecule is CC(C)C[C@H](CN)CC(=O)N1CCn2cnnc2C1. The van der Waals surface area contributed by atoms with Gasteiger partial charge in [0.1, 0.15) is 6.33 Å². The number of carbonyl (C=O) groups excluding carboxylic acids is 1. The molecule has 19 heavy (non-hydrogen) atoms. The molecule has 1 aromatic rings. The number of nitrogens with two attached hydrogens (primary N) is 1. The van der Waals surface area contributed by atoms with Gasteiger partial charge in [0.2, 0.25) is 5.91 Å². The van der Waals surface area contributed by atoms with E-state index >= 15 is 0 Å². The molecule has 0 spiro atoms. The summed E-state index contributed by atoms with van der Waals surface area (Å²) in [5.41, 5.74) is 5.76. The van der Waals surface area contributed by atoms with Crippen molar-refractivity contribution in [2.75, 3.05) is 13.1 Å². The van der Waals surface area contributed by atoms with Crippen molar-refractivity contribution in [2.24, 2.45) is 17.6 Å². The van der Waals surface area contributed by atoms with E-state index < -0.39 is 0 Å². The minimum atomic E-state index is 0.186. The van der Waals surface area contributed by atoms with E-state index in [9.17, 15) is 4.79 Å². The molecule has 0 fully saturated rings. The zero-order chi connectivity index (χ0) is 13.8. The van der Waals surface area contributed by atoms with E-state index in [0.717, 1.165) is 25.3 Å². The van der Waals surface area contributed by atoms with Gasteiger partial charge in [0.15, 0.2) is 5.82 Å². The number of carbonyl (C=O) groups is 1. The molecule has 0 aliphatic carbocycles. The molecule has 1 aliphatic rings. The molecular formula is C13H23N5O. The van der Waals surface area contributed by atoms with Crippen LogP contribution < -0.4 is 5.73 Å². The van der Waals surface area contributed by atoms with E-state index in [1.54, 1.807) is 6.33 Å². The Morgan fingerprint density at radius 2 is 2.26 bits per heavy atom. The van der Waals surface area contributed by atoms with E-state index in [0.29, 0.717) is 25.4 Å². The van der Waals surface area contributed by atoms with E-state index in [1.165, 1.54) is 0 Å². The Morgan fingerprint density at radius 3 is 2.95 bits per heavy atom. The van der Waals surface area contributed by atoms with Crippen LogP contribution in [0.1, 0.15) is 32.5 Å². The summed E-state index contributed by atoms with van der Waals surface area (Å²) < 4.78 is 2.00.